The van der Waals surface area contributed by atoms with Gasteiger partial charge in [0, 0.05) is 12.1 Å². The van der Waals surface area contributed by atoms with E-state index in [-0.39, 0.29) is 0 Å². The number of hydrazone groups is 1. The SMILES string of the molecule is CC1=CC=CC(/C=N\N)C1C. The fourth-order valence-corrected chi connectivity index (χ4v) is 1.24. The Morgan fingerprint density at radius 1 is 1.64 bits per heavy atom. The van der Waals surface area contributed by atoms with Gasteiger partial charge in [-0.2, -0.15) is 5.10 Å². The van der Waals surface area contributed by atoms with Crippen molar-refractivity contribution in [1.82, 2.24) is 0 Å². The summed E-state index contributed by atoms with van der Waals surface area (Å²) in [6.07, 6.45) is 8.10. The molecule has 0 aliphatic heterocycles. The second kappa shape index (κ2) is 3.37. The molecular weight excluding hydrogens is 136 g/mol. The summed E-state index contributed by atoms with van der Waals surface area (Å²) in [6.45, 7) is 4.31. The van der Waals surface area contributed by atoms with Crippen molar-refractivity contribution in [2.75, 3.05) is 0 Å². The standard InChI is InChI=1S/C9H14N2/c1-7-4-3-5-9(6-11-10)8(7)2/h3-6,8-9H,10H2,1-2H3/b11-6-. The normalized spacial score (nSPS) is 30.9. The lowest BCUT2D eigenvalue weighted by atomic mass is 9.85. The van der Waals surface area contributed by atoms with E-state index in [0.717, 1.165) is 0 Å². The summed E-state index contributed by atoms with van der Waals surface area (Å²) in [5, 5.41) is 3.54. The molecule has 0 aromatic carbocycles. The molecule has 60 valence electrons. The molecular formula is C9H14N2. The highest BCUT2D eigenvalue weighted by atomic mass is 15.1. The van der Waals surface area contributed by atoms with Crippen LogP contribution in [0.1, 0.15) is 13.8 Å². The second-order valence-corrected chi connectivity index (χ2v) is 2.96. The van der Waals surface area contributed by atoms with Crippen LogP contribution in [-0.2, 0) is 0 Å². The van der Waals surface area contributed by atoms with E-state index in [0.29, 0.717) is 11.8 Å². The predicted molar refractivity (Wildman–Crippen MR) is 48.2 cm³/mol. The van der Waals surface area contributed by atoms with Gasteiger partial charge in [0.1, 0.15) is 0 Å². The predicted octanol–water partition coefficient (Wildman–Crippen LogP) is 1.70. The molecule has 2 unspecified atom stereocenters. The first-order valence-electron chi connectivity index (χ1n) is 3.84. The van der Waals surface area contributed by atoms with Crippen LogP contribution < -0.4 is 5.84 Å². The Balaban J connectivity index is 2.73. The minimum Gasteiger partial charge on any atom is -0.324 e. The minimum absolute atomic E-state index is 0.380. The Hall–Kier alpha value is -1.05. The number of allylic oxidation sites excluding steroid dienone is 4. The first kappa shape index (κ1) is 8.05. The van der Waals surface area contributed by atoms with Crippen LogP contribution in [0.5, 0.6) is 0 Å². The van der Waals surface area contributed by atoms with Crippen LogP contribution in [-0.4, -0.2) is 6.21 Å². The van der Waals surface area contributed by atoms with Gasteiger partial charge in [0.15, 0.2) is 0 Å². The van der Waals surface area contributed by atoms with Crippen LogP contribution in [0.4, 0.5) is 0 Å². The lowest BCUT2D eigenvalue weighted by Crippen LogP contribution is -2.14. The monoisotopic (exact) mass is 150 g/mol. The number of nitrogens with two attached hydrogens (primary N) is 1. The Kier molecular flexibility index (Phi) is 2.47. The van der Waals surface area contributed by atoms with Gasteiger partial charge in [-0.1, -0.05) is 30.7 Å². The summed E-state index contributed by atoms with van der Waals surface area (Å²) in [5.41, 5.74) is 1.39. The summed E-state index contributed by atoms with van der Waals surface area (Å²) in [5.74, 6) is 6.00. The summed E-state index contributed by atoms with van der Waals surface area (Å²) in [4.78, 5) is 0. The van der Waals surface area contributed by atoms with Gasteiger partial charge in [-0.3, -0.25) is 0 Å². The second-order valence-electron chi connectivity index (χ2n) is 2.96. The number of hydrogen-bond donors (Lipinski definition) is 1. The van der Waals surface area contributed by atoms with Gasteiger partial charge in [-0.15, -0.1) is 0 Å². The molecule has 0 aromatic heterocycles. The van der Waals surface area contributed by atoms with E-state index in [1.807, 2.05) is 0 Å². The maximum Gasteiger partial charge on any atom is 0.0314 e. The van der Waals surface area contributed by atoms with Crippen molar-refractivity contribution >= 4 is 6.21 Å². The van der Waals surface area contributed by atoms with Crippen molar-refractivity contribution in [3.63, 3.8) is 0 Å². The van der Waals surface area contributed by atoms with E-state index in [1.165, 1.54) is 5.57 Å². The van der Waals surface area contributed by atoms with Crippen molar-refractivity contribution in [3.8, 4) is 0 Å². The van der Waals surface area contributed by atoms with Crippen LogP contribution in [0, 0.1) is 11.8 Å². The zero-order valence-electron chi connectivity index (χ0n) is 6.99. The smallest absolute Gasteiger partial charge is 0.0314 e. The average molecular weight is 150 g/mol. The molecule has 0 fully saturated rings. The van der Waals surface area contributed by atoms with Crippen LogP contribution in [0.2, 0.25) is 0 Å². The highest BCUT2D eigenvalue weighted by molar-refractivity contribution is 5.64. The lowest BCUT2D eigenvalue weighted by molar-refractivity contribution is 0.605. The Bertz CT molecular complexity index is 214. The third-order valence-electron chi connectivity index (χ3n) is 2.25. The van der Waals surface area contributed by atoms with Gasteiger partial charge >= 0.3 is 0 Å². The van der Waals surface area contributed by atoms with Crippen molar-refractivity contribution in [2.24, 2.45) is 22.8 Å². The van der Waals surface area contributed by atoms with Crippen molar-refractivity contribution in [3.05, 3.63) is 23.8 Å². The highest BCUT2D eigenvalue weighted by Crippen LogP contribution is 2.23. The molecule has 1 aliphatic rings. The van der Waals surface area contributed by atoms with Crippen LogP contribution in [0.15, 0.2) is 28.9 Å². The molecule has 0 bridgehead atoms. The molecule has 2 heteroatoms. The fourth-order valence-electron chi connectivity index (χ4n) is 1.24. The zero-order valence-corrected chi connectivity index (χ0v) is 6.99. The maximum absolute atomic E-state index is 5.08. The molecule has 1 rings (SSSR count). The van der Waals surface area contributed by atoms with E-state index >= 15 is 0 Å². The van der Waals surface area contributed by atoms with E-state index in [2.05, 4.69) is 37.2 Å². The molecule has 0 amide bonds. The molecule has 1 aliphatic carbocycles. The quantitative estimate of drug-likeness (QED) is 0.345. The topological polar surface area (TPSA) is 38.4 Å². The summed E-state index contributed by atoms with van der Waals surface area (Å²) < 4.78 is 0. The van der Waals surface area contributed by atoms with Crippen LogP contribution >= 0.6 is 0 Å². The first-order valence-corrected chi connectivity index (χ1v) is 3.84. The molecule has 11 heavy (non-hydrogen) atoms. The summed E-state index contributed by atoms with van der Waals surface area (Å²) in [7, 11) is 0. The molecule has 0 spiro atoms. The van der Waals surface area contributed by atoms with Crippen LogP contribution in [0.3, 0.4) is 0 Å². The van der Waals surface area contributed by atoms with Gasteiger partial charge in [-0.05, 0) is 12.8 Å². The van der Waals surface area contributed by atoms with Gasteiger partial charge in [-0.25, -0.2) is 0 Å². The van der Waals surface area contributed by atoms with Gasteiger partial charge in [0.2, 0.25) is 0 Å². The Labute approximate surface area is 67.5 Å². The summed E-state index contributed by atoms with van der Waals surface area (Å²) in [6, 6.07) is 0. The van der Waals surface area contributed by atoms with Gasteiger partial charge in [0.25, 0.3) is 0 Å². The first-order chi connectivity index (χ1) is 5.25. The minimum atomic E-state index is 0.380. The van der Waals surface area contributed by atoms with Crippen molar-refractivity contribution in [2.45, 2.75) is 13.8 Å². The van der Waals surface area contributed by atoms with E-state index in [1.54, 1.807) is 6.21 Å². The van der Waals surface area contributed by atoms with Crippen LogP contribution in [0.25, 0.3) is 0 Å². The molecule has 0 saturated carbocycles. The lowest BCUT2D eigenvalue weighted by Gasteiger charge is -2.20. The Morgan fingerprint density at radius 2 is 2.36 bits per heavy atom. The Morgan fingerprint density at radius 3 is 3.00 bits per heavy atom. The number of hydrogen-bond acceptors (Lipinski definition) is 2. The van der Waals surface area contributed by atoms with Crippen molar-refractivity contribution < 1.29 is 0 Å². The highest BCUT2D eigenvalue weighted by Gasteiger charge is 2.15. The third-order valence-corrected chi connectivity index (χ3v) is 2.25. The zero-order chi connectivity index (χ0) is 8.27. The molecule has 0 saturated heterocycles. The third kappa shape index (κ3) is 1.70. The fraction of sp³-hybridized carbons (Fsp3) is 0.444. The van der Waals surface area contributed by atoms with E-state index in [9.17, 15) is 0 Å². The molecule has 2 N–H and O–H groups in total. The van der Waals surface area contributed by atoms with E-state index in [4.69, 9.17) is 5.84 Å². The molecule has 0 aromatic rings. The maximum atomic E-state index is 5.08. The average Bonchev–Trinajstić information content (AvgIpc) is 1.99. The van der Waals surface area contributed by atoms with Gasteiger partial charge in [0.05, 0.1) is 0 Å². The molecule has 2 atom stereocenters. The largest absolute Gasteiger partial charge is 0.324 e. The van der Waals surface area contributed by atoms with E-state index < -0.39 is 0 Å². The molecule has 0 radical (unpaired) electrons. The number of nitrogens with zero attached hydrogens (tertiary/aromatic N) is 1. The molecule has 2 nitrogen and oxygen atoms in total. The summed E-state index contributed by atoms with van der Waals surface area (Å²) >= 11 is 0. The number of rotatable bonds is 1. The molecule has 0 heterocycles. The van der Waals surface area contributed by atoms with Crippen molar-refractivity contribution in [1.29, 1.82) is 0 Å². The van der Waals surface area contributed by atoms with Gasteiger partial charge < -0.3 is 5.84 Å².